The van der Waals surface area contributed by atoms with Crippen molar-refractivity contribution in [2.45, 2.75) is 110 Å². The molecule has 2 atom stereocenters. The Morgan fingerprint density at radius 2 is 1.43 bits per heavy atom. The van der Waals surface area contributed by atoms with Gasteiger partial charge in [-0.2, -0.15) is 0 Å². The lowest BCUT2D eigenvalue weighted by atomic mass is 9.87. The van der Waals surface area contributed by atoms with Crippen molar-refractivity contribution in [3.05, 3.63) is 70.8 Å². The van der Waals surface area contributed by atoms with Gasteiger partial charge in [0.2, 0.25) is 11.8 Å². The van der Waals surface area contributed by atoms with E-state index < -0.39 is 6.09 Å². The van der Waals surface area contributed by atoms with E-state index in [1.807, 2.05) is 36.9 Å². The van der Waals surface area contributed by atoms with E-state index in [1.54, 1.807) is 7.11 Å². The van der Waals surface area contributed by atoms with Gasteiger partial charge in [-0.05, 0) is 87.0 Å². The summed E-state index contributed by atoms with van der Waals surface area (Å²) in [4.78, 5) is 39.0. The summed E-state index contributed by atoms with van der Waals surface area (Å²) in [7, 11) is 1.70. The van der Waals surface area contributed by atoms with Gasteiger partial charge in [0, 0.05) is 52.6 Å². The van der Waals surface area contributed by atoms with Crippen LogP contribution in [0.1, 0.15) is 107 Å². The number of alkyl carbamates (subject to hydrolysis) is 1. The van der Waals surface area contributed by atoms with Gasteiger partial charge >= 0.3 is 6.09 Å². The molecule has 1 heterocycles. The number of benzene rings is 2. The van der Waals surface area contributed by atoms with E-state index in [-0.39, 0.29) is 17.9 Å². The van der Waals surface area contributed by atoms with Gasteiger partial charge in [-0.15, -0.1) is 0 Å². The highest BCUT2D eigenvalue weighted by molar-refractivity contribution is 5.76. The molecule has 254 valence electrons. The number of fused-ring (bicyclic) bond motifs is 2. The average molecular weight is 636 g/mol. The Morgan fingerprint density at radius 3 is 2.11 bits per heavy atom. The summed E-state index contributed by atoms with van der Waals surface area (Å²) in [5.41, 5.74) is 4.88. The summed E-state index contributed by atoms with van der Waals surface area (Å²) in [6, 6.07) is 16.7. The van der Waals surface area contributed by atoms with E-state index in [9.17, 15) is 14.4 Å². The first-order valence-corrected chi connectivity index (χ1v) is 17.4. The zero-order valence-corrected chi connectivity index (χ0v) is 28.7. The molecule has 0 spiro atoms. The van der Waals surface area contributed by atoms with Crippen molar-refractivity contribution in [2.75, 3.05) is 33.3 Å². The van der Waals surface area contributed by atoms with Crippen LogP contribution in [0.4, 0.5) is 4.79 Å². The fraction of sp³-hybridized carbons (Fsp3) is 0.605. The number of carbonyl (C=O) groups is 3. The highest BCUT2D eigenvalue weighted by atomic mass is 16.6. The predicted molar refractivity (Wildman–Crippen MR) is 184 cm³/mol. The van der Waals surface area contributed by atoms with E-state index in [0.717, 1.165) is 76.4 Å². The smallest absolute Gasteiger partial charge is 0.407 e. The summed E-state index contributed by atoms with van der Waals surface area (Å²) in [6.45, 7) is 9.19. The van der Waals surface area contributed by atoms with Crippen molar-refractivity contribution in [1.82, 2.24) is 15.5 Å². The molecule has 2 aromatic carbocycles. The molecule has 0 saturated carbocycles. The summed E-state index contributed by atoms with van der Waals surface area (Å²) < 4.78 is 10.7. The second-order valence-corrected chi connectivity index (χ2v) is 13.0. The van der Waals surface area contributed by atoms with E-state index in [4.69, 9.17) is 9.47 Å². The third-order valence-corrected chi connectivity index (χ3v) is 8.83. The molecule has 1 aliphatic heterocycles. The van der Waals surface area contributed by atoms with Crippen molar-refractivity contribution in [3.63, 3.8) is 0 Å². The first kappa shape index (κ1) is 37.1. The molecule has 2 N–H and O–H groups in total. The third-order valence-electron chi connectivity index (χ3n) is 8.83. The molecule has 3 amide bonds. The monoisotopic (exact) mass is 635 g/mol. The van der Waals surface area contributed by atoms with Crippen LogP contribution in [-0.2, 0) is 38.3 Å². The average Bonchev–Trinajstić information content (AvgIpc) is 3.49. The first-order chi connectivity index (χ1) is 22.3. The number of unbranched alkanes of at least 4 members (excludes halogenated alkanes) is 4. The van der Waals surface area contributed by atoms with E-state index in [2.05, 4.69) is 47.9 Å². The fourth-order valence-electron chi connectivity index (χ4n) is 5.92. The van der Waals surface area contributed by atoms with Crippen LogP contribution in [0.25, 0.3) is 0 Å². The van der Waals surface area contributed by atoms with Gasteiger partial charge in [0.25, 0.3) is 0 Å². The second-order valence-electron chi connectivity index (χ2n) is 13.0. The van der Waals surface area contributed by atoms with Gasteiger partial charge in [0.05, 0.1) is 6.10 Å². The van der Waals surface area contributed by atoms with Crippen molar-refractivity contribution >= 4 is 17.9 Å². The maximum Gasteiger partial charge on any atom is 0.407 e. The molecule has 0 aromatic heterocycles. The highest BCUT2D eigenvalue weighted by Crippen LogP contribution is 2.31. The van der Waals surface area contributed by atoms with Gasteiger partial charge in [0.15, 0.2) is 0 Å². The third kappa shape index (κ3) is 13.5. The summed E-state index contributed by atoms with van der Waals surface area (Å²) in [5.74, 6) is 0.973. The highest BCUT2D eigenvalue weighted by Gasteiger charge is 2.24. The van der Waals surface area contributed by atoms with Crippen molar-refractivity contribution < 1.29 is 23.9 Å². The molecule has 1 fully saturated rings. The number of rotatable bonds is 14. The molecule has 2 aromatic rings. The molecule has 2 aliphatic rings. The summed E-state index contributed by atoms with van der Waals surface area (Å²) >= 11 is 0. The van der Waals surface area contributed by atoms with E-state index >= 15 is 0 Å². The quantitative estimate of drug-likeness (QED) is 0.219. The van der Waals surface area contributed by atoms with Crippen LogP contribution in [0.2, 0.25) is 0 Å². The van der Waals surface area contributed by atoms with Gasteiger partial charge < -0.3 is 25.0 Å². The molecular weight excluding hydrogens is 578 g/mol. The largest absolute Gasteiger partial charge is 0.441 e. The van der Waals surface area contributed by atoms with Crippen molar-refractivity contribution in [2.24, 2.45) is 5.92 Å². The minimum Gasteiger partial charge on any atom is -0.441 e. The zero-order valence-electron chi connectivity index (χ0n) is 28.7. The van der Waals surface area contributed by atoms with Crippen LogP contribution in [0.3, 0.4) is 0 Å². The standard InChI is InChI=1S/C34H47N3O4.C4H10O/c1-26-20-23-37(25-26)33(39)17-5-3-10-21-35-32(38)16-4-2-11-22-36-34(40)41-31-24-29-14-7-6-12-27(29)18-19-28-13-8-9-15-30(28)31;1-4(2)5-3/h6-9,12-15,26,31H,2-5,10-11,16-25H2,1H3,(H,35,38)(H,36,40);4H,1-3H3. The normalized spacial score (nSPS) is 17.1. The Morgan fingerprint density at radius 1 is 0.826 bits per heavy atom. The Balaban J connectivity index is 0.00000107. The Hall–Kier alpha value is -3.39. The van der Waals surface area contributed by atoms with Crippen molar-refractivity contribution in [3.8, 4) is 0 Å². The van der Waals surface area contributed by atoms with Crippen LogP contribution in [0.15, 0.2) is 48.5 Å². The molecule has 8 nitrogen and oxygen atoms in total. The van der Waals surface area contributed by atoms with Gasteiger partial charge in [-0.25, -0.2) is 4.79 Å². The SMILES string of the molecule is CC1CCN(C(=O)CCCCCNC(=O)CCCCCNC(=O)OC2Cc3ccccc3CCc3ccccc32)C1.COC(C)C. The van der Waals surface area contributed by atoms with E-state index in [1.165, 1.54) is 16.7 Å². The summed E-state index contributed by atoms with van der Waals surface area (Å²) in [6.07, 6.45) is 9.70. The number of hydrogen-bond donors (Lipinski definition) is 2. The fourth-order valence-corrected chi connectivity index (χ4v) is 5.92. The molecule has 0 bridgehead atoms. The maximum absolute atomic E-state index is 12.7. The first-order valence-electron chi connectivity index (χ1n) is 17.4. The molecule has 8 heteroatoms. The van der Waals surface area contributed by atoms with Gasteiger partial charge in [-0.1, -0.05) is 68.3 Å². The van der Waals surface area contributed by atoms with Crippen LogP contribution >= 0.6 is 0 Å². The van der Waals surface area contributed by atoms with Crippen LogP contribution in [0, 0.1) is 5.92 Å². The zero-order chi connectivity index (χ0) is 33.1. The Kier molecular flexibility index (Phi) is 16.7. The topological polar surface area (TPSA) is 97.0 Å². The molecule has 0 radical (unpaired) electrons. The molecule has 1 saturated heterocycles. The number of methoxy groups -OCH3 is 1. The number of nitrogens with zero attached hydrogens (tertiary/aromatic N) is 1. The van der Waals surface area contributed by atoms with Gasteiger partial charge in [-0.3, -0.25) is 9.59 Å². The lowest BCUT2D eigenvalue weighted by molar-refractivity contribution is -0.130. The maximum atomic E-state index is 12.7. The van der Waals surface area contributed by atoms with Crippen LogP contribution < -0.4 is 10.6 Å². The molecule has 4 rings (SSSR count). The number of likely N-dealkylation sites (tertiary alicyclic amines) is 1. The van der Waals surface area contributed by atoms with Crippen LogP contribution in [-0.4, -0.2) is 62.2 Å². The van der Waals surface area contributed by atoms with Crippen molar-refractivity contribution in [1.29, 1.82) is 0 Å². The minimum atomic E-state index is -0.391. The number of aryl methyl sites for hydroxylation is 2. The molecule has 46 heavy (non-hydrogen) atoms. The predicted octanol–water partition coefficient (Wildman–Crippen LogP) is 6.94. The second kappa shape index (κ2) is 20.7. The number of nitrogens with one attached hydrogen (secondary N) is 2. The van der Waals surface area contributed by atoms with Gasteiger partial charge in [0.1, 0.15) is 6.10 Å². The number of ether oxygens (including phenoxy) is 2. The molecule has 2 unspecified atom stereocenters. The lowest BCUT2D eigenvalue weighted by Gasteiger charge is -2.25. The Labute approximate surface area is 277 Å². The van der Waals surface area contributed by atoms with E-state index in [0.29, 0.717) is 44.4 Å². The summed E-state index contributed by atoms with van der Waals surface area (Å²) in [5, 5.41) is 5.89. The number of carbonyl (C=O) groups excluding carboxylic acids is 3. The van der Waals surface area contributed by atoms with Crippen LogP contribution in [0.5, 0.6) is 0 Å². The number of hydrogen-bond acceptors (Lipinski definition) is 5. The lowest BCUT2D eigenvalue weighted by Crippen LogP contribution is -2.28. The number of amides is 3. The molecular formula is C38H57N3O5. The molecule has 1 aliphatic carbocycles. The minimum absolute atomic E-state index is 0.0720. The Bertz CT molecular complexity index is 1220.